The van der Waals surface area contributed by atoms with Crippen molar-refractivity contribution in [2.45, 2.75) is 101 Å². The molecule has 6 nitrogen and oxygen atoms in total. The van der Waals surface area contributed by atoms with Gasteiger partial charge in [0.25, 0.3) is 5.91 Å². The van der Waals surface area contributed by atoms with Crippen molar-refractivity contribution in [2.75, 3.05) is 19.2 Å². The van der Waals surface area contributed by atoms with Gasteiger partial charge in [0, 0.05) is 24.0 Å². The summed E-state index contributed by atoms with van der Waals surface area (Å²) in [6.45, 7) is -0.0214. The molecule has 1 heterocycles. The SMILES string of the molecule is C[C@@](O)(CF)C(=O)N1CC2(CC2)[C@H](NS(=O)(=O)CF)[C@@H]1CC1CCCC(C2CCCCC2)C1F. The molecule has 0 aromatic rings. The van der Waals surface area contributed by atoms with Crippen molar-refractivity contribution in [1.29, 1.82) is 0 Å². The number of hydrogen-bond donors (Lipinski definition) is 2. The lowest BCUT2D eigenvalue weighted by Gasteiger charge is -2.42. The molecule has 1 amide bonds. The van der Waals surface area contributed by atoms with Crippen LogP contribution < -0.4 is 4.72 Å². The van der Waals surface area contributed by atoms with Gasteiger partial charge >= 0.3 is 0 Å². The zero-order valence-corrected chi connectivity index (χ0v) is 20.8. The van der Waals surface area contributed by atoms with Crippen molar-refractivity contribution in [3.63, 3.8) is 0 Å². The van der Waals surface area contributed by atoms with E-state index in [0.29, 0.717) is 25.2 Å². The van der Waals surface area contributed by atoms with Crippen LogP contribution in [0.25, 0.3) is 0 Å². The fourth-order valence-corrected chi connectivity index (χ4v) is 7.81. The second-order valence-electron chi connectivity index (χ2n) is 11.5. The number of alkyl halides is 3. The Hall–Kier alpha value is -0.870. The van der Waals surface area contributed by atoms with Crippen LogP contribution in [0.1, 0.15) is 77.6 Å². The molecule has 4 rings (SSSR count). The van der Waals surface area contributed by atoms with Crippen LogP contribution in [0.4, 0.5) is 13.2 Å². The van der Waals surface area contributed by atoms with Crippen LogP contribution in [-0.4, -0.2) is 67.4 Å². The first-order valence-electron chi connectivity index (χ1n) is 12.8. The van der Waals surface area contributed by atoms with Crippen LogP contribution in [0.3, 0.4) is 0 Å². The molecule has 4 fully saturated rings. The third-order valence-electron chi connectivity index (χ3n) is 9.03. The summed E-state index contributed by atoms with van der Waals surface area (Å²) in [5.41, 5.74) is -2.81. The van der Waals surface area contributed by atoms with E-state index in [2.05, 4.69) is 4.72 Å². The Morgan fingerprint density at radius 1 is 1.12 bits per heavy atom. The Labute approximate surface area is 201 Å². The molecule has 1 spiro atoms. The van der Waals surface area contributed by atoms with Crippen molar-refractivity contribution in [2.24, 2.45) is 23.2 Å². The van der Waals surface area contributed by atoms with E-state index < -0.39 is 57.9 Å². The van der Waals surface area contributed by atoms with Gasteiger partial charge in [0.2, 0.25) is 16.0 Å². The van der Waals surface area contributed by atoms with Crippen LogP contribution in [-0.2, 0) is 14.8 Å². The predicted octanol–water partition coefficient (Wildman–Crippen LogP) is 3.64. The number of sulfonamides is 1. The van der Waals surface area contributed by atoms with Gasteiger partial charge in [-0.25, -0.2) is 26.3 Å². The second kappa shape index (κ2) is 9.88. The van der Waals surface area contributed by atoms with Gasteiger partial charge in [-0.15, -0.1) is 0 Å². The van der Waals surface area contributed by atoms with Crippen molar-refractivity contribution >= 4 is 15.9 Å². The molecule has 10 heteroatoms. The number of hydrogen-bond acceptors (Lipinski definition) is 4. The maximum Gasteiger partial charge on any atom is 0.257 e. The van der Waals surface area contributed by atoms with Gasteiger partial charge < -0.3 is 10.0 Å². The molecule has 1 aliphatic heterocycles. The van der Waals surface area contributed by atoms with Crippen LogP contribution in [0, 0.1) is 23.2 Å². The molecule has 3 aliphatic carbocycles. The van der Waals surface area contributed by atoms with Crippen molar-refractivity contribution in [1.82, 2.24) is 9.62 Å². The first-order valence-corrected chi connectivity index (χ1v) is 14.5. The van der Waals surface area contributed by atoms with Crippen molar-refractivity contribution in [3.8, 4) is 0 Å². The maximum absolute atomic E-state index is 15.9. The van der Waals surface area contributed by atoms with E-state index in [0.717, 1.165) is 45.4 Å². The third kappa shape index (κ3) is 5.14. The van der Waals surface area contributed by atoms with E-state index in [4.69, 9.17) is 0 Å². The minimum Gasteiger partial charge on any atom is -0.378 e. The average Bonchev–Trinajstić information content (AvgIpc) is 3.55. The summed E-state index contributed by atoms with van der Waals surface area (Å²) >= 11 is 0. The van der Waals surface area contributed by atoms with Crippen LogP contribution >= 0.6 is 0 Å². The lowest BCUT2D eigenvalue weighted by Crippen LogP contribution is -2.55. The first kappa shape index (κ1) is 26.2. The largest absolute Gasteiger partial charge is 0.378 e. The minimum absolute atomic E-state index is 0.0329. The summed E-state index contributed by atoms with van der Waals surface area (Å²) in [5, 5.41) is 10.4. The summed E-state index contributed by atoms with van der Waals surface area (Å²) in [7, 11) is -4.22. The van der Waals surface area contributed by atoms with E-state index in [9.17, 15) is 27.1 Å². The predicted molar refractivity (Wildman–Crippen MR) is 123 cm³/mol. The standard InChI is InChI=1S/C24H39F3N2O4S/c1-23(31,13-25)22(30)29-14-24(10-11-24)21(28-34(32,33)15-26)19(29)12-17-8-5-9-18(20(17)27)16-6-3-2-4-7-16/h16-21,28,31H,2-15H2,1H3/t17?,18?,19-,20?,21+,23+/m0/s1. The molecule has 4 aliphatic rings. The second-order valence-corrected chi connectivity index (χ2v) is 13.2. The molecular weight excluding hydrogens is 469 g/mol. The number of aliphatic hydroxyl groups is 1. The lowest BCUT2D eigenvalue weighted by atomic mass is 9.68. The van der Waals surface area contributed by atoms with Gasteiger partial charge in [-0.1, -0.05) is 38.5 Å². The topological polar surface area (TPSA) is 86.7 Å². The summed E-state index contributed by atoms with van der Waals surface area (Å²) in [6.07, 6.45) is 8.31. The van der Waals surface area contributed by atoms with Gasteiger partial charge in [-0.3, -0.25) is 4.79 Å². The Kier molecular flexibility index (Phi) is 7.62. The molecule has 0 aromatic heterocycles. The quantitative estimate of drug-likeness (QED) is 0.524. The highest BCUT2D eigenvalue weighted by atomic mass is 32.2. The number of likely N-dealkylation sites (tertiary alicyclic amines) is 1. The van der Waals surface area contributed by atoms with Gasteiger partial charge in [-0.05, 0) is 56.8 Å². The van der Waals surface area contributed by atoms with Gasteiger partial charge in [0.1, 0.15) is 12.8 Å². The molecule has 3 saturated carbocycles. The van der Waals surface area contributed by atoms with Gasteiger partial charge in [0.15, 0.2) is 5.60 Å². The lowest BCUT2D eigenvalue weighted by molar-refractivity contribution is -0.152. The monoisotopic (exact) mass is 508 g/mol. The molecule has 0 aromatic carbocycles. The molecule has 6 atom stereocenters. The molecule has 34 heavy (non-hydrogen) atoms. The molecular formula is C24H39F3N2O4S. The van der Waals surface area contributed by atoms with E-state index in [1.807, 2.05) is 0 Å². The number of amides is 1. The molecule has 3 unspecified atom stereocenters. The Balaban J connectivity index is 1.59. The summed E-state index contributed by atoms with van der Waals surface area (Å²) in [5.74, 6) is -0.851. The fraction of sp³-hybridized carbons (Fsp3) is 0.958. The molecule has 0 bridgehead atoms. The van der Waals surface area contributed by atoms with Crippen LogP contribution in [0.2, 0.25) is 0 Å². The average molecular weight is 509 g/mol. The number of nitrogens with zero attached hydrogens (tertiary/aromatic N) is 1. The Morgan fingerprint density at radius 2 is 1.79 bits per heavy atom. The zero-order valence-electron chi connectivity index (χ0n) is 20.0. The summed E-state index contributed by atoms with van der Waals surface area (Å²) in [4.78, 5) is 14.5. The Morgan fingerprint density at radius 3 is 2.38 bits per heavy atom. The highest BCUT2D eigenvalue weighted by Crippen LogP contribution is 2.57. The molecule has 1 saturated heterocycles. The summed E-state index contributed by atoms with van der Waals surface area (Å²) < 4.78 is 69.4. The number of halogens is 3. The molecule has 196 valence electrons. The van der Waals surface area contributed by atoms with E-state index in [1.165, 1.54) is 11.3 Å². The third-order valence-corrected chi connectivity index (χ3v) is 9.93. The first-order chi connectivity index (χ1) is 16.0. The van der Waals surface area contributed by atoms with E-state index in [-0.39, 0.29) is 24.8 Å². The molecule has 0 radical (unpaired) electrons. The van der Waals surface area contributed by atoms with Gasteiger partial charge in [-0.2, -0.15) is 0 Å². The highest BCUT2D eigenvalue weighted by molar-refractivity contribution is 7.89. The van der Waals surface area contributed by atoms with E-state index >= 15 is 4.39 Å². The number of nitrogens with one attached hydrogen (secondary N) is 1. The summed E-state index contributed by atoms with van der Waals surface area (Å²) in [6, 6.07) is -3.10. The van der Waals surface area contributed by atoms with Gasteiger partial charge in [0.05, 0.1) is 0 Å². The maximum atomic E-state index is 15.9. The molecule has 2 N–H and O–H groups in total. The smallest absolute Gasteiger partial charge is 0.257 e. The van der Waals surface area contributed by atoms with E-state index in [1.54, 1.807) is 0 Å². The zero-order chi connectivity index (χ0) is 24.7. The van der Waals surface area contributed by atoms with Crippen LogP contribution in [0.5, 0.6) is 0 Å². The van der Waals surface area contributed by atoms with Crippen molar-refractivity contribution < 1.29 is 31.5 Å². The highest BCUT2D eigenvalue weighted by Gasteiger charge is 2.63. The number of rotatable bonds is 8. The fourth-order valence-electron chi connectivity index (χ4n) is 6.95. The number of carbonyl (C=O) groups excluding carboxylic acids is 1. The Bertz CT molecular complexity index is 845. The van der Waals surface area contributed by atoms with Crippen LogP contribution in [0.15, 0.2) is 0 Å². The number of carbonyl (C=O) groups is 1. The minimum atomic E-state index is -4.22. The normalized spacial score (nSPS) is 35.9. The van der Waals surface area contributed by atoms with Crippen molar-refractivity contribution in [3.05, 3.63) is 0 Å².